The highest BCUT2D eigenvalue weighted by Gasteiger charge is 2.48. The molecule has 1 aliphatic carbocycles. The van der Waals surface area contributed by atoms with E-state index in [1.165, 1.54) is 10.7 Å². The van der Waals surface area contributed by atoms with E-state index in [1.54, 1.807) is 25.1 Å². The summed E-state index contributed by atoms with van der Waals surface area (Å²) in [6, 6.07) is 4.81. The Morgan fingerprint density at radius 3 is 2.69 bits per heavy atom. The third-order valence-corrected chi connectivity index (χ3v) is 5.60. The lowest BCUT2D eigenvalue weighted by atomic mass is 9.76. The number of nitrogens with one attached hydrogen (secondary N) is 1. The Morgan fingerprint density at radius 1 is 1.34 bits per heavy atom. The molecule has 2 heterocycles. The summed E-state index contributed by atoms with van der Waals surface area (Å²) < 4.78 is 33.2. The molecule has 0 amide bonds. The molecule has 10 heteroatoms. The third kappa shape index (κ3) is 3.51. The third-order valence-electron chi connectivity index (χ3n) is 4.86. The highest BCUT2D eigenvalue weighted by molar-refractivity contribution is 6.42. The van der Waals surface area contributed by atoms with Gasteiger partial charge >= 0.3 is 5.97 Å². The predicted molar refractivity (Wildman–Crippen MR) is 104 cm³/mol. The monoisotopic (exact) mass is 441 g/mol. The van der Waals surface area contributed by atoms with Crippen LogP contribution in [0.25, 0.3) is 16.8 Å². The largest absolute Gasteiger partial charge is 0.461 e. The zero-order valence-corrected chi connectivity index (χ0v) is 16.7. The number of ether oxygens (including phenoxy) is 1. The number of esters is 1. The number of rotatable bonds is 4. The van der Waals surface area contributed by atoms with Crippen LogP contribution in [0.15, 0.2) is 29.2 Å². The number of carbonyl (C=O) groups is 1. The molecule has 1 aromatic carbocycles. The fourth-order valence-corrected chi connectivity index (χ4v) is 3.81. The first kappa shape index (κ1) is 19.8. The molecular formula is C19H15Cl2F2N3O3. The quantitative estimate of drug-likeness (QED) is 0.596. The second-order valence-electron chi connectivity index (χ2n) is 6.86. The topological polar surface area (TPSA) is 76.5 Å². The molecule has 152 valence electrons. The molecule has 0 unspecified atom stereocenters. The minimum absolute atomic E-state index is 0.0531. The molecule has 0 saturated heterocycles. The molecule has 3 aromatic rings. The lowest BCUT2D eigenvalue weighted by Gasteiger charge is -2.34. The van der Waals surface area contributed by atoms with Crippen LogP contribution < -0.4 is 5.56 Å². The fourth-order valence-electron chi connectivity index (χ4n) is 3.52. The van der Waals surface area contributed by atoms with Crippen LogP contribution in [0.4, 0.5) is 8.78 Å². The Hall–Kier alpha value is -2.45. The van der Waals surface area contributed by atoms with Crippen LogP contribution in [0.2, 0.25) is 10.0 Å². The smallest absolute Gasteiger partial charge is 0.359 e. The number of aromatic nitrogens is 3. The van der Waals surface area contributed by atoms with Gasteiger partial charge in [0.1, 0.15) is 5.52 Å². The van der Waals surface area contributed by atoms with E-state index in [4.69, 9.17) is 27.9 Å². The molecule has 6 nitrogen and oxygen atoms in total. The number of aromatic amines is 1. The van der Waals surface area contributed by atoms with Crippen molar-refractivity contribution < 1.29 is 18.3 Å². The lowest BCUT2D eigenvalue weighted by molar-refractivity contribution is -0.0866. The van der Waals surface area contributed by atoms with E-state index in [0.717, 1.165) is 0 Å². The summed E-state index contributed by atoms with van der Waals surface area (Å²) in [4.78, 5) is 27.9. The number of carbonyl (C=O) groups excluding carboxylic acids is 1. The summed E-state index contributed by atoms with van der Waals surface area (Å²) in [7, 11) is 0. The molecule has 0 spiro atoms. The molecule has 1 N–H and O–H groups in total. The number of nitrogens with zero attached hydrogens (tertiary/aromatic N) is 2. The maximum atomic E-state index is 13.5. The predicted octanol–water partition coefficient (Wildman–Crippen LogP) is 4.69. The Labute approximate surface area is 173 Å². The molecule has 1 aliphatic rings. The van der Waals surface area contributed by atoms with Crippen molar-refractivity contribution in [1.29, 1.82) is 0 Å². The minimum Gasteiger partial charge on any atom is -0.461 e. The maximum Gasteiger partial charge on any atom is 0.359 e. The van der Waals surface area contributed by atoms with E-state index in [2.05, 4.69) is 10.1 Å². The zero-order valence-electron chi connectivity index (χ0n) is 15.1. The van der Waals surface area contributed by atoms with Crippen LogP contribution in [-0.2, 0) is 4.74 Å². The molecule has 2 aromatic heterocycles. The summed E-state index contributed by atoms with van der Waals surface area (Å²) in [5, 5.41) is 4.85. The number of benzene rings is 1. The van der Waals surface area contributed by atoms with Crippen LogP contribution in [0, 0.1) is 0 Å². The molecule has 0 aliphatic heterocycles. The van der Waals surface area contributed by atoms with Gasteiger partial charge in [-0.3, -0.25) is 4.79 Å². The maximum absolute atomic E-state index is 13.5. The Balaban J connectivity index is 1.89. The summed E-state index contributed by atoms with van der Waals surface area (Å²) >= 11 is 12.0. The van der Waals surface area contributed by atoms with Crippen molar-refractivity contribution in [3.05, 3.63) is 56.1 Å². The van der Waals surface area contributed by atoms with Gasteiger partial charge in [-0.15, -0.1) is 0 Å². The highest BCUT2D eigenvalue weighted by atomic mass is 35.5. The van der Waals surface area contributed by atoms with Gasteiger partial charge in [0.05, 0.1) is 28.5 Å². The second kappa shape index (κ2) is 7.11. The molecule has 29 heavy (non-hydrogen) atoms. The van der Waals surface area contributed by atoms with Crippen molar-refractivity contribution in [2.75, 3.05) is 6.61 Å². The van der Waals surface area contributed by atoms with E-state index in [9.17, 15) is 18.4 Å². The molecule has 0 radical (unpaired) electrons. The number of halogens is 4. The van der Waals surface area contributed by atoms with Crippen molar-refractivity contribution in [3.63, 3.8) is 0 Å². The molecule has 1 fully saturated rings. The van der Waals surface area contributed by atoms with E-state index in [-0.39, 0.29) is 23.4 Å². The van der Waals surface area contributed by atoms with Crippen LogP contribution in [0.5, 0.6) is 0 Å². The van der Waals surface area contributed by atoms with Crippen molar-refractivity contribution in [2.45, 2.75) is 31.6 Å². The summed E-state index contributed by atoms with van der Waals surface area (Å²) in [5.41, 5.74) is 0.521. The first-order valence-electron chi connectivity index (χ1n) is 8.86. The van der Waals surface area contributed by atoms with Crippen molar-refractivity contribution in [1.82, 2.24) is 14.6 Å². The molecule has 4 rings (SSSR count). The van der Waals surface area contributed by atoms with Crippen LogP contribution >= 0.6 is 23.2 Å². The minimum atomic E-state index is -2.82. The number of alkyl halides is 2. The van der Waals surface area contributed by atoms with Gasteiger partial charge in [0.25, 0.3) is 5.56 Å². The molecular weight excluding hydrogens is 427 g/mol. The van der Waals surface area contributed by atoms with Gasteiger partial charge in [-0.25, -0.2) is 18.1 Å². The first-order valence-corrected chi connectivity index (χ1v) is 9.61. The van der Waals surface area contributed by atoms with E-state index < -0.39 is 36.2 Å². The van der Waals surface area contributed by atoms with E-state index >= 15 is 0 Å². The van der Waals surface area contributed by atoms with E-state index in [0.29, 0.717) is 21.3 Å². The van der Waals surface area contributed by atoms with Crippen LogP contribution in [0.3, 0.4) is 0 Å². The number of H-pyrrole nitrogens is 1. The lowest BCUT2D eigenvalue weighted by Crippen LogP contribution is -2.35. The van der Waals surface area contributed by atoms with E-state index in [1.807, 2.05) is 0 Å². The first-order chi connectivity index (χ1) is 13.7. The highest BCUT2D eigenvalue weighted by Crippen LogP contribution is 2.49. The van der Waals surface area contributed by atoms with Crippen LogP contribution in [0.1, 0.15) is 41.7 Å². The van der Waals surface area contributed by atoms with Crippen molar-refractivity contribution in [2.24, 2.45) is 0 Å². The second-order valence-corrected chi connectivity index (χ2v) is 7.68. The fraction of sp³-hybridized carbons (Fsp3) is 0.316. The molecule has 0 bridgehead atoms. The standard InChI is InChI=1S/C19H15Cl2F2N3O3/c1-2-29-18(28)15-14(10-6-19(22,23)7-10)16-17(27)24-13(8-26(16)25-15)9-3-4-11(20)12(21)5-9/h3-5,8,10H,2,6-7H2,1H3,(H,24,27). The van der Waals surface area contributed by atoms with Gasteiger partial charge in [-0.2, -0.15) is 5.10 Å². The van der Waals surface area contributed by atoms with Gasteiger partial charge in [0, 0.05) is 29.9 Å². The van der Waals surface area contributed by atoms with Crippen LogP contribution in [-0.4, -0.2) is 33.1 Å². The van der Waals surface area contributed by atoms with Gasteiger partial charge in [-0.05, 0) is 19.1 Å². The number of hydrogen-bond acceptors (Lipinski definition) is 4. The molecule has 0 atom stereocenters. The van der Waals surface area contributed by atoms with Crippen molar-refractivity contribution >= 4 is 34.7 Å². The number of fused-ring (bicyclic) bond motifs is 1. The summed E-state index contributed by atoms with van der Waals surface area (Å²) in [5.74, 6) is -4.23. The van der Waals surface area contributed by atoms with Crippen molar-refractivity contribution in [3.8, 4) is 11.3 Å². The normalized spacial score (nSPS) is 16.0. The number of hydrogen-bond donors (Lipinski definition) is 1. The summed E-state index contributed by atoms with van der Waals surface area (Å²) in [6.07, 6.45) is 0.600. The SMILES string of the molecule is CCOC(=O)c1nn2cc(-c3ccc(Cl)c(Cl)c3)[nH]c(=O)c2c1C1CC(F)(F)C1. The summed E-state index contributed by atoms with van der Waals surface area (Å²) in [6.45, 7) is 1.72. The van der Waals surface area contributed by atoms with Gasteiger partial charge in [-0.1, -0.05) is 29.3 Å². The average molecular weight is 442 g/mol. The zero-order chi connectivity index (χ0) is 20.9. The van der Waals surface area contributed by atoms with Gasteiger partial charge in [0.2, 0.25) is 5.92 Å². The Kier molecular flexibility index (Phi) is 4.86. The molecule has 1 saturated carbocycles. The van der Waals surface area contributed by atoms with Gasteiger partial charge in [0.15, 0.2) is 5.69 Å². The Bertz CT molecular complexity index is 1180. The van der Waals surface area contributed by atoms with Gasteiger partial charge < -0.3 is 9.72 Å². The Morgan fingerprint density at radius 2 is 2.07 bits per heavy atom. The average Bonchev–Trinajstić information content (AvgIpc) is 3.02.